The van der Waals surface area contributed by atoms with Gasteiger partial charge < -0.3 is 10.1 Å². The Morgan fingerprint density at radius 2 is 2.40 bits per heavy atom. The summed E-state index contributed by atoms with van der Waals surface area (Å²) in [6.07, 6.45) is 3.48. The van der Waals surface area contributed by atoms with Gasteiger partial charge in [-0.05, 0) is 20.3 Å². The minimum atomic E-state index is 0.393. The Hall–Kier alpha value is -0.380. The molecule has 1 unspecified atom stereocenters. The number of rotatable bonds is 6. The highest BCUT2D eigenvalue weighted by Gasteiger charge is 2.15. The largest absolute Gasteiger partial charge is 0.376 e. The third-order valence-corrected chi connectivity index (χ3v) is 2.84. The summed E-state index contributed by atoms with van der Waals surface area (Å²) < 4.78 is 5.67. The molecule has 0 radical (unpaired) electrons. The molecule has 1 aliphatic heterocycles. The smallest absolute Gasteiger partial charge is 0.0712 e. The van der Waals surface area contributed by atoms with Crippen molar-refractivity contribution in [1.29, 1.82) is 0 Å². The van der Waals surface area contributed by atoms with E-state index < -0.39 is 0 Å². The molecule has 15 heavy (non-hydrogen) atoms. The first-order valence-corrected chi connectivity index (χ1v) is 5.91. The molecule has 0 aromatic carbocycles. The van der Waals surface area contributed by atoms with Crippen LogP contribution < -0.4 is 5.32 Å². The Morgan fingerprint density at radius 3 is 2.93 bits per heavy atom. The van der Waals surface area contributed by atoms with Crippen LogP contribution in [0, 0.1) is 0 Å². The van der Waals surface area contributed by atoms with Gasteiger partial charge >= 0.3 is 0 Å². The molecule has 0 bridgehead atoms. The Morgan fingerprint density at radius 1 is 1.60 bits per heavy atom. The summed E-state index contributed by atoms with van der Waals surface area (Å²) in [6, 6.07) is 0.583. The number of ether oxygens (including phenoxy) is 1. The van der Waals surface area contributed by atoms with Gasteiger partial charge in [0.25, 0.3) is 0 Å². The molecule has 1 atom stereocenters. The molecule has 1 aliphatic rings. The van der Waals surface area contributed by atoms with Crippen LogP contribution in [-0.4, -0.2) is 49.8 Å². The van der Waals surface area contributed by atoms with Crippen molar-refractivity contribution in [3.63, 3.8) is 0 Å². The van der Waals surface area contributed by atoms with Gasteiger partial charge in [-0.25, -0.2) is 0 Å². The molecule has 0 aromatic rings. The average Bonchev–Trinajstić information content (AvgIpc) is 2.25. The number of hydrogen-bond acceptors (Lipinski definition) is 3. The molecule has 0 saturated carbocycles. The summed E-state index contributed by atoms with van der Waals surface area (Å²) in [7, 11) is 0. The van der Waals surface area contributed by atoms with Gasteiger partial charge in [-0.1, -0.05) is 6.08 Å². The molecule has 1 fully saturated rings. The van der Waals surface area contributed by atoms with E-state index in [4.69, 9.17) is 4.74 Å². The molecule has 88 valence electrons. The second kappa shape index (κ2) is 6.99. The zero-order valence-electron chi connectivity index (χ0n) is 10.0. The van der Waals surface area contributed by atoms with Gasteiger partial charge in [0, 0.05) is 32.2 Å². The lowest BCUT2D eigenvalue weighted by Crippen LogP contribution is -2.41. The van der Waals surface area contributed by atoms with Gasteiger partial charge in [0.05, 0.1) is 12.7 Å². The van der Waals surface area contributed by atoms with E-state index in [1.54, 1.807) is 0 Å². The van der Waals surface area contributed by atoms with Crippen LogP contribution in [0.4, 0.5) is 0 Å². The van der Waals surface area contributed by atoms with Crippen LogP contribution >= 0.6 is 0 Å². The van der Waals surface area contributed by atoms with Crippen LogP contribution in [0.1, 0.15) is 20.3 Å². The van der Waals surface area contributed by atoms with Gasteiger partial charge in [-0.3, -0.25) is 4.90 Å². The van der Waals surface area contributed by atoms with Crippen molar-refractivity contribution in [2.24, 2.45) is 0 Å². The van der Waals surface area contributed by atoms with Gasteiger partial charge in [0.15, 0.2) is 0 Å². The van der Waals surface area contributed by atoms with Crippen LogP contribution in [0.15, 0.2) is 12.7 Å². The molecule has 1 rings (SSSR count). The molecule has 0 aliphatic carbocycles. The minimum absolute atomic E-state index is 0.393. The summed E-state index contributed by atoms with van der Waals surface area (Å²) in [5.41, 5.74) is 0. The van der Waals surface area contributed by atoms with Crippen molar-refractivity contribution in [2.45, 2.75) is 32.4 Å². The Bertz CT molecular complexity index is 176. The summed E-state index contributed by atoms with van der Waals surface area (Å²) >= 11 is 0. The van der Waals surface area contributed by atoms with Crippen LogP contribution in [-0.2, 0) is 4.74 Å². The van der Waals surface area contributed by atoms with E-state index in [0.717, 1.165) is 39.2 Å². The van der Waals surface area contributed by atoms with Crippen LogP contribution in [0.5, 0.6) is 0 Å². The van der Waals surface area contributed by atoms with Gasteiger partial charge in [0.1, 0.15) is 0 Å². The predicted octanol–water partition coefficient (Wildman–Crippen LogP) is 1.26. The maximum Gasteiger partial charge on any atom is 0.0712 e. The summed E-state index contributed by atoms with van der Waals surface area (Å²) in [5, 5.41) is 3.36. The number of morpholine rings is 1. The fraction of sp³-hybridized carbons (Fsp3) is 0.833. The molecule has 0 amide bonds. The second-order valence-electron chi connectivity index (χ2n) is 4.36. The highest BCUT2D eigenvalue weighted by Crippen LogP contribution is 2.06. The molecule has 1 N–H and O–H groups in total. The standard InChI is InChI=1S/C12H24N2O/c1-4-7-14(11(2)3)8-5-12-10-13-6-9-15-12/h4,11-13H,1,5-10H2,2-3H3. The third kappa shape index (κ3) is 4.78. The second-order valence-corrected chi connectivity index (χ2v) is 4.36. The van der Waals surface area contributed by atoms with E-state index in [1.165, 1.54) is 0 Å². The molecule has 3 nitrogen and oxygen atoms in total. The Balaban J connectivity index is 2.22. The SMILES string of the molecule is C=CCN(CCC1CNCCO1)C(C)C. The van der Waals surface area contributed by atoms with Crippen molar-refractivity contribution < 1.29 is 4.74 Å². The Labute approximate surface area is 93.5 Å². The topological polar surface area (TPSA) is 24.5 Å². The highest BCUT2D eigenvalue weighted by molar-refractivity contribution is 4.77. The fourth-order valence-electron chi connectivity index (χ4n) is 1.84. The van der Waals surface area contributed by atoms with E-state index in [1.807, 2.05) is 6.08 Å². The van der Waals surface area contributed by atoms with Crippen LogP contribution in [0.25, 0.3) is 0 Å². The normalized spacial score (nSPS) is 22.3. The molecule has 1 saturated heterocycles. The van der Waals surface area contributed by atoms with Gasteiger partial charge in [0.2, 0.25) is 0 Å². The lowest BCUT2D eigenvalue weighted by Gasteiger charge is -2.29. The maximum absolute atomic E-state index is 5.67. The summed E-state index contributed by atoms with van der Waals surface area (Å²) in [5.74, 6) is 0. The molecule has 3 heteroatoms. The number of nitrogens with one attached hydrogen (secondary N) is 1. The molecular weight excluding hydrogens is 188 g/mol. The molecule has 0 spiro atoms. The predicted molar refractivity (Wildman–Crippen MR) is 64.1 cm³/mol. The van der Waals surface area contributed by atoms with Crippen LogP contribution in [0.2, 0.25) is 0 Å². The molecule has 0 aromatic heterocycles. The van der Waals surface area contributed by atoms with Crippen molar-refractivity contribution >= 4 is 0 Å². The lowest BCUT2D eigenvalue weighted by molar-refractivity contribution is 0.0163. The Kier molecular flexibility index (Phi) is 5.91. The fourth-order valence-corrected chi connectivity index (χ4v) is 1.84. The maximum atomic E-state index is 5.67. The first kappa shape index (κ1) is 12.7. The van der Waals surface area contributed by atoms with E-state index in [0.29, 0.717) is 12.1 Å². The minimum Gasteiger partial charge on any atom is -0.376 e. The van der Waals surface area contributed by atoms with E-state index in [9.17, 15) is 0 Å². The quantitative estimate of drug-likeness (QED) is 0.671. The van der Waals surface area contributed by atoms with Crippen molar-refractivity contribution in [3.05, 3.63) is 12.7 Å². The summed E-state index contributed by atoms with van der Waals surface area (Å²) in [6.45, 7) is 13.2. The van der Waals surface area contributed by atoms with Gasteiger partial charge in [-0.15, -0.1) is 6.58 Å². The van der Waals surface area contributed by atoms with E-state index >= 15 is 0 Å². The van der Waals surface area contributed by atoms with Crippen LogP contribution in [0.3, 0.4) is 0 Å². The van der Waals surface area contributed by atoms with E-state index in [-0.39, 0.29) is 0 Å². The first-order valence-electron chi connectivity index (χ1n) is 5.91. The molecular formula is C12H24N2O. The summed E-state index contributed by atoms with van der Waals surface area (Å²) in [4.78, 5) is 2.42. The highest BCUT2D eigenvalue weighted by atomic mass is 16.5. The third-order valence-electron chi connectivity index (χ3n) is 2.84. The van der Waals surface area contributed by atoms with Crippen molar-refractivity contribution in [3.8, 4) is 0 Å². The lowest BCUT2D eigenvalue weighted by atomic mass is 10.2. The molecule has 1 heterocycles. The van der Waals surface area contributed by atoms with Crippen molar-refractivity contribution in [2.75, 3.05) is 32.8 Å². The first-order chi connectivity index (χ1) is 7.24. The number of nitrogens with zero attached hydrogens (tertiary/aromatic N) is 1. The average molecular weight is 212 g/mol. The number of hydrogen-bond donors (Lipinski definition) is 1. The van der Waals surface area contributed by atoms with Crippen molar-refractivity contribution in [1.82, 2.24) is 10.2 Å². The zero-order valence-corrected chi connectivity index (χ0v) is 10.0. The van der Waals surface area contributed by atoms with E-state index in [2.05, 4.69) is 30.6 Å². The van der Waals surface area contributed by atoms with Gasteiger partial charge in [-0.2, -0.15) is 0 Å². The monoisotopic (exact) mass is 212 g/mol. The zero-order chi connectivity index (χ0) is 11.1.